The van der Waals surface area contributed by atoms with E-state index >= 15 is 0 Å². The Hall–Kier alpha value is -0.570. The summed E-state index contributed by atoms with van der Waals surface area (Å²) < 4.78 is 6.03. The van der Waals surface area contributed by atoms with E-state index in [4.69, 9.17) is 10.1 Å². The van der Waals surface area contributed by atoms with Crippen LogP contribution in [-0.2, 0) is 4.74 Å². The van der Waals surface area contributed by atoms with Crippen LogP contribution in [-0.4, -0.2) is 36.0 Å². The molecule has 0 aliphatic heterocycles. The van der Waals surface area contributed by atoms with E-state index in [1.807, 2.05) is 6.92 Å². The molecule has 1 rings (SSSR count). The first-order valence-corrected chi connectivity index (χ1v) is 7.18. The van der Waals surface area contributed by atoms with E-state index in [-0.39, 0.29) is 5.60 Å². The van der Waals surface area contributed by atoms with Crippen molar-refractivity contribution in [3.63, 3.8) is 0 Å². The molecule has 0 aromatic rings. The summed E-state index contributed by atoms with van der Waals surface area (Å²) in [6, 6.07) is 0. The van der Waals surface area contributed by atoms with Gasteiger partial charge in [-0.05, 0) is 33.6 Å². The highest BCUT2D eigenvalue weighted by Gasteiger charge is 2.38. The first kappa shape index (κ1) is 14.5. The van der Waals surface area contributed by atoms with Crippen LogP contribution in [0.4, 0.5) is 0 Å². The molecular formula is C14H28N2O. The normalized spacial score (nSPS) is 19.7. The highest BCUT2D eigenvalue weighted by atomic mass is 16.5. The van der Waals surface area contributed by atoms with Crippen LogP contribution in [0.15, 0.2) is 0 Å². The summed E-state index contributed by atoms with van der Waals surface area (Å²) in [7, 11) is 0. The van der Waals surface area contributed by atoms with E-state index in [1.54, 1.807) is 0 Å². The summed E-state index contributed by atoms with van der Waals surface area (Å²) in [5, 5.41) is 8.49. The molecule has 100 valence electrons. The third kappa shape index (κ3) is 3.44. The molecule has 0 aromatic carbocycles. The predicted octanol–water partition coefficient (Wildman–Crippen LogP) is 3.43. The Bertz CT molecular complexity index is 228. The molecule has 0 radical (unpaired) electrons. The molecule has 1 fully saturated rings. The van der Waals surface area contributed by atoms with Gasteiger partial charge in [0.2, 0.25) is 0 Å². The molecule has 0 unspecified atom stereocenters. The van der Waals surface area contributed by atoms with Crippen molar-refractivity contribution in [2.45, 2.75) is 64.9 Å². The number of amidine groups is 1. The molecule has 3 nitrogen and oxygen atoms in total. The lowest BCUT2D eigenvalue weighted by molar-refractivity contribution is -0.00516. The maximum atomic E-state index is 8.49. The van der Waals surface area contributed by atoms with Gasteiger partial charge < -0.3 is 9.64 Å². The molecule has 0 spiro atoms. The van der Waals surface area contributed by atoms with Gasteiger partial charge in [0.1, 0.15) is 11.4 Å². The zero-order valence-corrected chi connectivity index (χ0v) is 11.7. The summed E-state index contributed by atoms with van der Waals surface area (Å²) >= 11 is 0. The second-order valence-electron chi connectivity index (χ2n) is 4.86. The summed E-state index contributed by atoms with van der Waals surface area (Å²) in [6.07, 6.45) is 7.03. The van der Waals surface area contributed by atoms with Gasteiger partial charge in [0, 0.05) is 19.7 Å². The van der Waals surface area contributed by atoms with Crippen LogP contribution in [0.1, 0.15) is 59.3 Å². The minimum atomic E-state index is -0.294. The van der Waals surface area contributed by atoms with Crippen molar-refractivity contribution in [3.05, 3.63) is 0 Å². The van der Waals surface area contributed by atoms with Gasteiger partial charge in [-0.3, -0.25) is 5.41 Å². The number of ether oxygens (including phenoxy) is 1. The lowest BCUT2D eigenvalue weighted by atomic mass is 9.91. The fraction of sp³-hybridized carbons (Fsp3) is 0.929. The van der Waals surface area contributed by atoms with E-state index in [9.17, 15) is 0 Å². The summed E-state index contributed by atoms with van der Waals surface area (Å²) in [6.45, 7) is 8.81. The second kappa shape index (κ2) is 7.00. The number of hydrogen-bond acceptors (Lipinski definition) is 2. The highest BCUT2D eigenvalue weighted by Crippen LogP contribution is 2.32. The van der Waals surface area contributed by atoms with E-state index in [0.717, 1.165) is 25.9 Å². The monoisotopic (exact) mass is 240 g/mol. The average molecular weight is 240 g/mol. The van der Waals surface area contributed by atoms with Crippen LogP contribution in [0, 0.1) is 5.41 Å². The van der Waals surface area contributed by atoms with Crippen molar-refractivity contribution in [1.29, 1.82) is 5.41 Å². The largest absolute Gasteiger partial charge is 0.367 e. The van der Waals surface area contributed by atoms with Gasteiger partial charge in [0.15, 0.2) is 0 Å². The summed E-state index contributed by atoms with van der Waals surface area (Å²) in [5.41, 5.74) is -0.294. The van der Waals surface area contributed by atoms with Gasteiger partial charge in [-0.2, -0.15) is 0 Å². The lowest BCUT2D eigenvalue weighted by Gasteiger charge is -2.38. The molecule has 1 aliphatic rings. The SMILES string of the molecule is CCOC1(C(=N)N(CC)CC)CCCCCC1. The molecule has 0 aromatic heterocycles. The Morgan fingerprint density at radius 1 is 1.06 bits per heavy atom. The number of nitrogens with zero attached hydrogens (tertiary/aromatic N) is 1. The maximum absolute atomic E-state index is 8.49. The zero-order valence-electron chi connectivity index (χ0n) is 11.7. The molecule has 3 heteroatoms. The van der Waals surface area contributed by atoms with Crippen molar-refractivity contribution >= 4 is 5.84 Å². The van der Waals surface area contributed by atoms with Gasteiger partial charge in [0.25, 0.3) is 0 Å². The molecular weight excluding hydrogens is 212 g/mol. The third-order valence-electron chi connectivity index (χ3n) is 3.84. The van der Waals surface area contributed by atoms with Crippen molar-refractivity contribution in [2.24, 2.45) is 0 Å². The van der Waals surface area contributed by atoms with Crippen LogP contribution >= 0.6 is 0 Å². The molecule has 17 heavy (non-hydrogen) atoms. The van der Waals surface area contributed by atoms with Crippen LogP contribution in [0.3, 0.4) is 0 Å². The molecule has 0 amide bonds. The topological polar surface area (TPSA) is 36.3 Å². The van der Waals surface area contributed by atoms with E-state index in [0.29, 0.717) is 12.4 Å². The maximum Gasteiger partial charge on any atom is 0.129 e. The first-order chi connectivity index (χ1) is 8.20. The Labute approximate surface area is 106 Å². The first-order valence-electron chi connectivity index (χ1n) is 7.18. The molecule has 0 bridgehead atoms. The van der Waals surface area contributed by atoms with Gasteiger partial charge in [-0.15, -0.1) is 0 Å². The van der Waals surface area contributed by atoms with Gasteiger partial charge in [-0.25, -0.2) is 0 Å². The van der Waals surface area contributed by atoms with Crippen LogP contribution in [0.5, 0.6) is 0 Å². The van der Waals surface area contributed by atoms with Gasteiger partial charge in [-0.1, -0.05) is 25.7 Å². The number of hydrogen-bond donors (Lipinski definition) is 1. The summed E-state index contributed by atoms with van der Waals surface area (Å²) in [5.74, 6) is 0.714. The van der Waals surface area contributed by atoms with Crippen molar-refractivity contribution in [2.75, 3.05) is 19.7 Å². The Balaban J connectivity index is 2.84. The predicted molar refractivity (Wildman–Crippen MR) is 72.7 cm³/mol. The Kier molecular flexibility index (Phi) is 5.96. The van der Waals surface area contributed by atoms with Crippen LogP contribution in [0.25, 0.3) is 0 Å². The van der Waals surface area contributed by atoms with Crippen LogP contribution in [0.2, 0.25) is 0 Å². The van der Waals surface area contributed by atoms with Crippen molar-refractivity contribution in [3.8, 4) is 0 Å². The quantitative estimate of drug-likeness (QED) is 0.454. The second-order valence-corrected chi connectivity index (χ2v) is 4.86. The molecule has 0 atom stereocenters. The third-order valence-corrected chi connectivity index (χ3v) is 3.84. The molecule has 1 aliphatic carbocycles. The summed E-state index contributed by atoms with van der Waals surface area (Å²) in [4.78, 5) is 2.14. The minimum absolute atomic E-state index is 0.294. The number of rotatable bonds is 5. The standard InChI is InChI=1S/C14H28N2O/c1-4-16(5-2)13(15)14(17-6-3)11-9-7-8-10-12-14/h15H,4-12H2,1-3H3. The molecule has 1 N–H and O–H groups in total. The fourth-order valence-corrected chi connectivity index (χ4v) is 2.85. The number of likely N-dealkylation sites (N-methyl/N-ethyl adjacent to an activating group) is 1. The van der Waals surface area contributed by atoms with Crippen LogP contribution < -0.4 is 0 Å². The molecule has 0 heterocycles. The Morgan fingerprint density at radius 2 is 1.59 bits per heavy atom. The highest BCUT2D eigenvalue weighted by molar-refractivity contribution is 5.88. The minimum Gasteiger partial charge on any atom is -0.367 e. The van der Waals surface area contributed by atoms with Crippen molar-refractivity contribution in [1.82, 2.24) is 4.90 Å². The molecule has 0 saturated heterocycles. The fourth-order valence-electron chi connectivity index (χ4n) is 2.85. The zero-order chi connectivity index (χ0) is 12.7. The van der Waals surface area contributed by atoms with Gasteiger partial charge >= 0.3 is 0 Å². The van der Waals surface area contributed by atoms with E-state index in [1.165, 1.54) is 25.7 Å². The average Bonchev–Trinajstić information content (AvgIpc) is 2.57. The smallest absolute Gasteiger partial charge is 0.129 e. The van der Waals surface area contributed by atoms with E-state index in [2.05, 4.69) is 18.7 Å². The number of nitrogens with one attached hydrogen (secondary N) is 1. The Morgan fingerprint density at radius 3 is 2.00 bits per heavy atom. The lowest BCUT2D eigenvalue weighted by Crippen LogP contribution is -2.50. The van der Waals surface area contributed by atoms with Gasteiger partial charge in [0.05, 0.1) is 0 Å². The van der Waals surface area contributed by atoms with Crippen molar-refractivity contribution < 1.29 is 4.74 Å². The molecule has 1 saturated carbocycles. The van der Waals surface area contributed by atoms with E-state index < -0.39 is 0 Å².